The van der Waals surface area contributed by atoms with Crippen molar-refractivity contribution in [3.63, 3.8) is 0 Å². The summed E-state index contributed by atoms with van der Waals surface area (Å²) in [5, 5.41) is 11.3. The van der Waals surface area contributed by atoms with Crippen molar-refractivity contribution in [1.29, 1.82) is 0 Å². The van der Waals surface area contributed by atoms with Crippen LogP contribution in [-0.4, -0.2) is 35.4 Å². The molecule has 0 bridgehead atoms. The van der Waals surface area contributed by atoms with Gasteiger partial charge in [-0.1, -0.05) is 26.8 Å². The molecule has 0 radical (unpaired) electrons. The van der Waals surface area contributed by atoms with Crippen LogP contribution in [-0.2, 0) is 5.41 Å². The Balaban J connectivity index is 0.00000264. The molecular formula is C16H24ClN3O3. The van der Waals surface area contributed by atoms with Crippen LogP contribution in [0.2, 0.25) is 0 Å². The molecule has 0 saturated carbocycles. The first-order chi connectivity index (χ1) is 10.2. The average Bonchev–Trinajstić information content (AvgIpc) is 2.93. The molecule has 2 rings (SSSR count). The standard InChI is InChI=1S/C16H23N3O3.ClH/c1-16(2,3)13-5-4-12(8-14(13)19(21)22)15(20)18-7-6-11(9-17)10-18;/h4-5,8,11H,6-7,9-10,17H2,1-3H3;1H. The van der Waals surface area contributed by atoms with Crippen molar-refractivity contribution in [2.24, 2.45) is 11.7 Å². The Kier molecular flexibility index (Phi) is 6.13. The number of carbonyl (C=O) groups excluding carboxylic acids is 1. The minimum absolute atomic E-state index is 0. The normalized spacial score (nSPS) is 17.7. The smallest absolute Gasteiger partial charge is 0.273 e. The summed E-state index contributed by atoms with van der Waals surface area (Å²) in [5.74, 6) is 0.173. The molecule has 1 unspecified atom stereocenters. The van der Waals surface area contributed by atoms with Crippen molar-refractivity contribution < 1.29 is 9.72 Å². The number of carbonyl (C=O) groups is 1. The predicted molar refractivity (Wildman–Crippen MR) is 92.1 cm³/mol. The number of rotatable bonds is 3. The molecule has 1 aromatic rings. The molecule has 1 saturated heterocycles. The predicted octanol–water partition coefficient (Wildman–Crippen LogP) is 2.73. The van der Waals surface area contributed by atoms with Gasteiger partial charge in [-0.3, -0.25) is 14.9 Å². The molecule has 1 fully saturated rings. The zero-order valence-corrected chi connectivity index (χ0v) is 14.6. The highest BCUT2D eigenvalue weighted by molar-refractivity contribution is 5.95. The van der Waals surface area contributed by atoms with E-state index in [2.05, 4.69) is 0 Å². The van der Waals surface area contributed by atoms with Gasteiger partial charge in [-0.05, 0) is 30.4 Å². The second-order valence-corrected chi connectivity index (χ2v) is 6.88. The van der Waals surface area contributed by atoms with Crippen LogP contribution in [0.25, 0.3) is 0 Å². The molecule has 0 aromatic heterocycles. The second-order valence-electron chi connectivity index (χ2n) is 6.88. The average molecular weight is 342 g/mol. The summed E-state index contributed by atoms with van der Waals surface area (Å²) >= 11 is 0. The summed E-state index contributed by atoms with van der Waals surface area (Å²) < 4.78 is 0. The zero-order chi connectivity index (χ0) is 16.5. The van der Waals surface area contributed by atoms with Crippen LogP contribution in [0, 0.1) is 16.0 Å². The molecule has 1 atom stereocenters. The van der Waals surface area contributed by atoms with Gasteiger partial charge in [0.05, 0.1) is 4.92 Å². The monoisotopic (exact) mass is 341 g/mol. The summed E-state index contributed by atoms with van der Waals surface area (Å²) in [6, 6.07) is 4.78. The summed E-state index contributed by atoms with van der Waals surface area (Å²) in [4.78, 5) is 25.2. The van der Waals surface area contributed by atoms with Crippen LogP contribution in [0.3, 0.4) is 0 Å². The van der Waals surface area contributed by atoms with Crippen LogP contribution in [0.4, 0.5) is 5.69 Å². The van der Waals surface area contributed by atoms with E-state index in [-0.39, 0.29) is 29.4 Å². The number of nitrogens with two attached hydrogens (primary N) is 1. The summed E-state index contributed by atoms with van der Waals surface area (Å²) in [5.41, 5.74) is 6.31. The Labute approximate surface area is 142 Å². The SMILES string of the molecule is CC(C)(C)c1ccc(C(=O)N2CCC(CN)C2)cc1[N+](=O)[O-].Cl. The number of benzene rings is 1. The molecule has 1 heterocycles. The van der Waals surface area contributed by atoms with E-state index >= 15 is 0 Å². The Morgan fingerprint density at radius 1 is 1.43 bits per heavy atom. The highest BCUT2D eigenvalue weighted by atomic mass is 35.5. The first-order valence-electron chi connectivity index (χ1n) is 7.52. The largest absolute Gasteiger partial charge is 0.338 e. The minimum atomic E-state index is -0.413. The second kappa shape index (κ2) is 7.27. The van der Waals surface area contributed by atoms with Crippen molar-refractivity contribution in [2.75, 3.05) is 19.6 Å². The van der Waals surface area contributed by atoms with Gasteiger partial charge in [0.15, 0.2) is 0 Å². The first kappa shape index (κ1) is 19.4. The fourth-order valence-electron chi connectivity index (χ4n) is 2.84. The molecule has 0 aliphatic carbocycles. The Bertz CT molecular complexity index is 599. The summed E-state index contributed by atoms with van der Waals surface area (Å²) in [7, 11) is 0. The molecule has 2 N–H and O–H groups in total. The number of hydrogen-bond donors (Lipinski definition) is 1. The van der Waals surface area contributed by atoms with Gasteiger partial charge in [0.1, 0.15) is 0 Å². The highest BCUT2D eigenvalue weighted by Crippen LogP contribution is 2.32. The van der Waals surface area contributed by atoms with E-state index in [1.807, 2.05) is 20.8 Å². The Morgan fingerprint density at radius 3 is 2.57 bits per heavy atom. The number of nitrogens with zero attached hydrogens (tertiary/aromatic N) is 2. The molecule has 1 aliphatic heterocycles. The molecule has 1 aromatic carbocycles. The van der Waals surface area contributed by atoms with Crippen molar-refractivity contribution in [1.82, 2.24) is 4.90 Å². The number of nitro benzene ring substituents is 1. The van der Waals surface area contributed by atoms with Gasteiger partial charge < -0.3 is 10.6 Å². The maximum absolute atomic E-state index is 12.5. The molecule has 1 amide bonds. The molecule has 6 nitrogen and oxygen atoms in total. The molecular weight excluding hydrogens is 318 g/mol. The van der Waals surface area contributed by atoms with E-state index < -0.39 is 4.92 Å². The quantitative estimate of drug-likeness (QED) is 0.676. The maximum Gasteiger partial charge on any atom is 0.273 e. The van der Waals surface area contributed by atoms with E-state index in [0.717, 1.165) is 6.42 Å². The van der Waals surface area contributed by atoms with Crippen LogP contribution in [0.15, 0.2) is 18.2 Å². The summed E-state index contributed by atoms with van der Waals surface area (Å²) in [6.07, 6.45) is 0.893. The maximum atomic E-state index is 12.5. The van der Waals surface area contributed by atoms with Crippen LogP contribution in [0.1, 0.15) is 43.1 Å². The molecule has 0 spiro atoms. The number of halogens is 1. The van der Waals surface area contributed by atoms with Gasteiger partial charge in [-0.25, -0.2) is 0 Å². The summed E-state index contributed by atoms with van der Waals surface area (Å²) in [6.45, 7) is 7.61. The van der Waals surface area contributed by atoms with E-state index in [4.69, 9.17) is 5.73 Å². The topological polar surface area (TPSA) is 89.5 Å². The lowest BCUT2D eigenvalue weighted by Crippen LogP contribution is -2.30. The van der Waals surface area contributed by atoms with E-state index in [0.29, 0.717) is 36.7 Å². The van der Waals surface area contributed by atoms with Crippen molar-refractivity contribution in [3.05, 3.63) is 39.4 Å². The number of amides is 1. The molecule has 128 valence electrons. The van der Waals surface area contributed by atoms with Gasteiger partial charge in [0, 0.05) is 30.3 Å². The molecule has 23 heavy (non-hydrogen) atoms. The fourth-order valence-corrected chi connectivity index (χ4v) is 2.84. The van der Waals surface area contributed by atoms with Gasteiger partial charge in [-0.15, -0.1) is 12.4 Å². The number of nitro groups is 1. The van der Waals surface area contributed by atoms with Gasteiger partial charge in [0.2, 0.25) is 0 Å². The Morgan fingerprint density at radius 2 is 2.09 bits per heavy atom. The van der Waals surface area contributed by atoms with Crippen molar-refractivity contribution in [2.45, 2.75) is 32.6 Å². The van der Waals surface area contributed by atoms with E-state index in [1.54, 1.807) is 17.0 Å². The Hall–Kier alpha value is -1.66. The van der Waals surface area contributed by atoms with Crippen LogP contribution in [0.5, 0.6) is 0 Å². The lowest BCUT2D eigenvalue weighted by Gasteiger charge is -2.20. The van der Waals surface area contributed by atoms with E-state index in [1.165, 1.54) is 6.07 Å². The first-order valence-corrected chi connectivity index (χ1v) is 7.52. The van der Waals surface area contributed by atoms with Gasteiger partial charge >= 0.3 is 0 Å². The molecule has 7 heteroatoms. The minimum Gasteiger partial charge on any atom is -0.338 e. The van der Waals surface area contributed by atoms with E-state index in [9.17, 15) is 14.9 Å². The van der Waals surface area contributed by atoms with Crippen LogP contribution < -0.4 is 5.73 Å². The third-order valence-corrected chi connectivity index (χ3v) is 4.16. The van der Waals surface area contributed by atoms with Gasteiger partial charge in [0.25, 0.3) is 11.6 Å². The highest BCUT2D eigenvalue weighted by Gasteiger charge is 2.29. The zero-order valence-electron chi connectivity index (χ0n) is 13.7. The number of likely N-dealkylation sites (tertiary alicyclic amines) is 1. The third kappa shape index (κ3) is 4.20. The van der Waals surface area contributed by atoms with Crippen molar-refractivity contribution in [3.8, 4) is 0 Å². The van der Waals surface area contributed by atoms with Crippen molar-refractivity contribution >= 4 is 24.0 Å². The lowest BCUT2D eigenvalue weighted by atomic mass is 9.85. The third-order valence-electron chi connectivity index (χ3n) is 4.16. The van der Waals surface area contributed by atoms with Gasteiger partial charge in [-0.2, -0.15) is 0 Å². The molecule has 1 aliphatic rings. The van der Waals surface area contributed by atoms with Crippen LogP contribution >= 0.6 is 12.4 Å². The lowest BCUT2D eigenvalue weighted by molar-refractivity contribution is -0.386. The fraction of sp³-hybridized carbons (Fsp3) is 0.562. The number of hydrogen-bond acceptors (Lipinski definition) is 4.